The summed E-state index contributed by atoms with van der Waals surface area (Å²) in [5, 5.41) is 15.7. The minimum absolute atomic E-state index is 0. The summed E-state index contributed by atoms with van der Waals surface area (Å²) in [4.78, 5) is 52.5. The average Bonchev–Trinajstić information content (AvgIpc) is 2.86. The van der Waals surface area contributed by atoms with Gasteiger partial charge >= 0.3 is 6.03 Å². The number of benzene rings is 2. The van der Waals surface area contributed by atoms with E-state index in [1.807, 2.05) is 4.90 Å². The molecule has 2 aromatic carbocycles. The number of halogens is 1. The van der Waals surface area contributed by atoms with Crippen LogP contribution in [0.4, 0.5) is 21.9 Å². The lowest BCUT2D eigenvalue weighted by Gasteiger charge is -2.30. The van der Waals surface area contributed by atoms with Crippen molar-refractivity contribution in [1.29, 1.82) is 0 Å². The van der Waals surface area contributed by atoms with E-state index in [1.165, 1.54) is 44.6 Å². The number of carbonyl (C=O) groups is 3. The number of hydrogen-bond acceptors (Lipinski definition) is 8. The van der Waals surface area contributed by atoms with Gasteiger partial charge in [0.25, 0.3) is 17.5 Å². The van der Waals surface area contributed by atoms with Crippen molar-refractivity contribution in [3.8, 4) is 11.5 Å². The van der Waals surface area contributed by atoms with Crippen LogP contribution in [0.3, 0.4) is 0 Å². The number of nitro groups is 1. The quantitative estimate of drug-likeness (QED) is 0.187. The zero-order valence-electron chi connectivity index (χ0n) is 19.5. The predicted octanol–water partition coefficient (Wildman–Crippen LogP) is -2.33. The third kappa shape index (κ3) is 5.09. The molecule has 0 aromatic heterocycles. The van der Waals surface area contributed by atoms with Crippen molar-refractivity contribution < 1.29 is 46.5 Å². The third-order valence-corrected chi connectivity index (χ3v) is 5.80. The van der Waals surface area contributed by atoms with Crippen molar-refractivity contribution >= 4 is 41.0 Å². The van der Waals surface area contributed by atoms with Crippen LogP contribution in [0.15, 0.2) is 42.0 Å². The first-order chi connectivity index (χ1) is 16.8. The predicted molar refractivity (Wildman–Crippen MR) is 126 cm³/mol. The Bertz CT molecular complexity index is 1240. The zero-order valence-corrected chi connectivity index (χ0v) is 20.3. The molecule has 0 saturated carbocycles. The smallest absolute Gasteiger partial charge is 0.336 e. The number of ether oxygens (including phenoxy) is 2. The number of non-ortho nitro benzene ring substituents is 1. The molecule has 2 aromatic rings. The van der Waals surface area contributed by atoms with Gasteiger partial charge in [0.2, 0.25) is 0 Å². The molecular formula is C23H24ClN5O7. The van der Waals surface area contributed by atoms with Crippen molar-refractivity contribution in [3.63, 3.8) is 0 Å². The number of carbonyl (C=O) groups excluding carboxylic acids is 3. The summed E-state index contributed by atoms with van der Waals surface area (Å²) in [7, 11) is 2.81. The Morgan fingerprint density at radius 1 is 1.03 bits per heavy atom. The van der Waals surface area contributed by atoms with E-state index in [-0.39, 0.29) is 35.1 Å². The Kier molecular flexibility index (Phi) is 8.12. The van der Waals surface area contributed by atoms with Crippen LogP contribution in [0.5, 0.6) is 11.5 Å². The van der Waals surface area contributed by atoms with E-state index in [9.17, 15) is 24.5 Å². The van der Waals surface area contributed by atoms with Gasteiger partial charge in [-0.2, -0.15) is 0 Å². The molecule has 13 heteroatoms. The van der Waals surface area contributed by atoms with Gasteiger partial charge < -0.3 is 32.1 Å². The number of barbiturate groups is 1. The Morgan fingerprint density at radius 3 is 2.39 bits per heavy atom. The van der Waals surface area contributed by atoms with Crippen LogP contribution in [0.25, 0.3) is 6.08 Å². The lowest BCUT2D eigenvalue weighted by Crippen LogP contribution is -3.00. The van der Waals surface area contributed by atoms with Gasteiger partial charge in [-0.1, -0.05) is 0 Å². The number of hydrogen-bond donors (Lipinski definition) is 2. The highest BCUT2D eigenvalue weighted by Gasteiger charge is 2.38. The van der Waals surface area contributed by atoms with Crippen molar-refractivity contribution in [2.24, 2.45) is 0 Å². The molecule has 0 atom stereocenters. The summed E-state index contributed by atoms with van der Waals surface area (Å²) in [6, 6.07) is 7.92. The maximum absolute atomic E-state index is 13.5. The second-order valence-electron chi connectivity index (χ2n) is 7.85. The highest BCUT2D eigenvalue weighted by atomic mass is 35.5. The number of quaternary nitrogens is 1. The summed E-state index contributed by atoms with van der Waals surface area (Å²) in [5.41, 5.74) is 0.527. The third-order valence-electron chi connectivity index (χ3n) is 5.80. The summed E-state index contributed by atoms with van der Waals surface area (Å²) in [6.07, 6.45) is 1.28. The second kappa shape index (κ2) is 11.1. The fraction of sp³-hybridized carbons (Fsp3) is 0.261. The minimum atomic E-state index is -0.950. The number of urea groups is 1. The normalized spacial score (nSPS) is 16.9. The molecule has 2 aliphatic rings. The van der Waals surface area contributed by atoms with E-state index in [0.29, 0.717) is 30.1 Å². The number of rotatable bonds is 6. The van der Waals surface area contributed by atoms with Gasteiger partial charge in [-0.3, -0.25) is 25.0 Å². The molecule has 0 radical (unpaired) electrons. The highest BCUT2D eigenvalue weighted by Crippen LogP contribution is 2.35. The van der Waals surface area contributed by atoms with Gasteiger partial charge in [0.1, 0.15) is 17.1 Å². The maximum atomic E-state index is 13.5. The molecule has 36 heavy (non-hydrogen) atoms. The molecule has 4 rings (SSSR count). The molecule has 0 spiro atoms. The van der Waals surface area contributed by atoms with E-state index < -0.39 is 22.8 Å². The maximum Gasteiger partial charge on any atom is 0.336 e. The number of imide groups is 2. The lowest BCUT2D eigenvalue weighted by molar-refractivity contribution is -0.655. The van der Waals surface area contributed by atoms with E-state index >= 15 is 0 Å². The molecule has 0 aliphatic carbocycles. The van der Waals surface area contributed by atoms with Gasteiger partial charge in [0.05, 0.1) is 51.0 Å². The fourth-order valence-electron chi connectivity index (χ4n) is 4.05. The van der Waals surface area contributed by atoms with Gasteiger partial charge in [0, 0.05) is 29.4 Å². The topological polar surface area (TPSA) is 148 Å². The average molecular weight is 518 g/mol. The number of piperazine rings is 1. The molecule has 0 unspecified atom stereocenters. The van der Waals surface area contributed by atoms with Crippen LogP contribution in [-0.2, 0) is 9.59 Å². The summed E-state index contributed by atoms with van der Waals surface area (Å²) in [6.45, 7) is 3.06. The molecular weight excluding hydrogens is 494 g/mol. The molecule has 2 saturated heterocycles. The van der Waals surface area contributed by atoms with Crippen molar-refractivity contribution in [2.75, 3.05) is 50.2 Å². The number of nitro benzene ring substituents is 1. The van der Waals surface area contributed by atoms with Crippen LogP contribution >= 0.6 is 0 Å². The molecule has 0 bridgehead atoms. The number of nitrogens with zero attached hydrogens (tertiary/aromatic N) is 3. The van der Waals surface area contributed by atoms with Crippen LogP contribution in [-0.4, -0.2) is 63.2 Å². The van der Waals surface area contributed by atoms with E-state index in [1.54, 1.807) is 12.1 Å². The van der Waals surface area contributed by atoms with Crippen molar-refractivity contribution in [3.05, 3.63) is 57.6 Å². The number of anilines is 2. The van der Waals surface area contributed by atoms with Gasteiger partial charge in [-0.15, -0.1) is 0 Å². The van der Waals surface area contributed by atoms with Crippen LogP contribution in [0.1, 0.15) is 5.56 Å². The monoisotopic (exact) mass is 517 g/mol. The van der Waals surface area contributed by atoms with Gasteiger partial charge in [-0.05, 0) is 24.3 Å². The number of amides is 4. The molecule has 190 valence electrons. The molecule has 4 amide bonds. The van der Waals surface area contributed by atoms with E-state index in [0.717, 1.165) is 18.0 Å². The van der Waals surface area contributed by atoms with Crippen LogP contribution in [0.2, 0.25) is 0 Å². The van der Waals surface area contributed by atoms with E-state index in [4.69, 9.17) is 9.47 Å². The molecule has 2 heterocycles. The van der Waals surface area contributed by atoms with Crippen molar-refractivity contribution in [2.45, 2.75) is 0 Å². The Morgan fingerprint density at radius 2 is 1.75 bits per heavy atom. The first-order valence-electron chi connectivity index (χ1n) is 10.8. The van der Waals surface area contributed by atoms with Crippen molar-refractivity contribution in [1.82, 2.24) is 5.32 Å². The highest BCUT2D eigenvalue weighted by molar-refractivity contribution is 6.39. The van der Waals surface area contributed by atoms with Crippen LogP contribution in [0, 0.1) is 10.1 Å². The Hall–Kier alpha value is -4.16. The second-order valence-corrected chi connectivity index (χ2v) is 7.85. The molecule has 2 fully saturated rings. The summed E-state index contributed by atoms with van der Waals surface area (Å²) >= 11 is 0. The standard InChI is InChI=1S/C23H23N5O7.ClH/c1-34-16-4-6-20(35-2)19(13-16)27-22(30)17(21(29)25-23(27)31)12-14-11-15(28(32)33)3-5-18(14)26-9-7-24-8-10-26;/h3-6,11-13,24H,7-10H2,1-2H3,(H,25,29,31);1H/b17-12-;. The molecule has 2 aliphatic heterocycles. The molecule has 12 nitrogen and oxygen atoms in total. The first kappa shape index (κ1) is 26.4. The minimum Gasteiger partial charge on any atom is -1.00 e. The largest absolute Gasteiger partial charge is 1.00 e. The number of nitrogens with one attached hydrogen (secondary N) is 1. The lowest BCUT2D eigenvalue weighted by atomic mass is 10.0. The molecule has 3 N–H and O–H groups in total. The fourth-order valence-corrected chi connectivity index (χ4v) is 4.05. The number of methoxy groups -OCH3 is 2. The summed E-state index contributed by atoms with van der Waals surface area (Å²) in [5.74, 6) is -1.22. The Balaban J connectivity index is 0.00000361. The van der Waals surface area contributed by atoms with E-state index in [2.05, 4.69) is 10.6 Å². The van der Waals surface area contributed by atoms with Gasteiger partial charge in [0.15, 0.2) is 0 Å². The summed E-state index contributed by atoms with van der Waals surface area (Å²) < 4.78 is 10.5. The SMILES string of the molecule is COc1ccc(OC)c(N2C(=O)NC(=O)/C(=C/c3cc([N+](=O)[O-])ccc3N3CC[NH2+]CC3)C2=O)c1.[Cl-]. The Labute approximate surface area is 212 Å². The zero-order chi connectivity index (χ0) is 25.1. The van der Waals surface area contributed by atoms with Crippen LogP contribution < -0.4 is 42.3 Å². The number of nitrogens with two attached hydrogens (primary N) is 1. The van der Waals surface area contributed by atoms with Gasteiger partial charge in [-0.25, -0.2) is 9.69 Å². The first-order valence-corrected chi connectivity index (χ1v) is 10.8.